The van der Waals surface area contributed by atoms with Gasteiger partial charge >= 0.3 is 0 Å². The minimum Gasteiger partial charge on any atom is -0.382 e. The first kappa shape index (κ1) is 13.2. The van der Waals surface area contributed by atoms with Crippen LogP contribution in [-0.2, 0) is 0 Å². The number of amides is 1. The molecule has 106 valence electrons. The van der Waals surface area contributed by atoms with Gasteiger partial charge < -0.3 is 10.6 Å². The SMILES string of the molecule is CCN(C(=O)c1cc(N)n[nH]1)c1cccc2ccccc12. The van der Waals surface area contributed by atoms with Gasteiger partial charge in [-0.3, -0.25) is 9.89 Å². The maximum atomic E-state index is 12.6. The molecule has 0 bridgehead atoms. The van der Waals surface area contributed by atoms with E-state index in [1.807, 2.05) is 49.4 Å². The van der Waals surface area contributed by atoms with Gasteiger partial charge in [-0.2, -0.15) is 5.10 Å². The highest BCUT2D eigenvalue weighted by Gasteiger charge is 2.19. The Balaban J connectivity index is 2.08. The van der Waals surface area contributed by atoms with Gasteiger partial charge in [0.05, 0.1) is 5.69 Å². The zero-order chi connectivity index (χ0) is 14.8. The van der Waals surface area contributed by atoms with Gasteiger partial charge in [0.25, 0.3) is 5.91 Å². The predicted octanol–water partition coefficient (Wildman–Crippen LogP) is 2.81. The summed E-state index contributed by atoms with van der Waals surface area (Å²) in [7, 11) is 0. The van der Waals surface area contributed by atoms with E-state index in [1.165, 1.54) is 0 Å². The molecule has 0 atom stereocenters. The number of fused-ring (bicyclic) bond motifs is 1. The van der Waals surface area contributed by atoms with E-state index in [0.29, 0.717) is 18.1 Å². The van der Waals surface area contributed by atoms with Gasteiger partial charge in [0.15, 0.2) is 0 Å². The summed E-state index contributed by atoms with van der Waals surface area (Å²) in [4.78, 5) is 14.4. The summed E-state index contributed by atoms with van der Waals surface area (Å²) >= 11 is 0. The number of hydrogen-bond donors (Lipinski definition) is 2. The van der Waals surface area contributed by atoms with E-state index in [0.717, 1.165) is 16.5 Å². The van der Waals surface area contributed by atoms with Crippen molar-refractivity contribution in [2.75, 3.05) is 17.2 Å². The van der Waals surface area contributed by atoms with Gasteiger partial charge in [-0.15, -0.1) is 0 Å². The zero-order valence-electron chi connectivity index (χ0n) is 11.7. The van der Waals surface area contributed by atoms with Crippen molar-refractivity contribution in [3.05, 3.63) is 54.2 Å². The van der Waals surface area contributed by atoms with E-state index in [4.69, 9.17) is 5.73 Å². The van der Waals surface area contributed by atoms with Gasteiger partial charge in [-0.25, -0.2) is 0 Å². The van der Waals surface area contributed by atoms with E-state index < -0.39 is 0 Å². The van der Waals surface area contributed by atoms with E-state index in [-0.39, 0.29) is 5.91 Å². The maximum absolute atomic E-state index is 12.6. The van der Waals surface area contributed by atoms with Gasteiger partial charge in [0, 0.05) is 18.0 Å². The van der Waals surface area contributed by atoms with Crippen molar-refractivity contribution < 1.29 is 4.79 Å². The van der Waals surface area contributed by atoms with Gasteiger partial charge in [0.1, 0.15) is 11.5 Å². The molecule has 3 N–H and O–H groups in total. The van der Waals surface area contributed by atoms with Gasteiger partial charge in [-0.1, -0.05) is 36.4 Å². The highest BCUT2D eigenvalue weighted by molar-refractivity contribution is 6.10. The number of anilines is 2. The lowest BCUT2D eigenvalue weighted by Crippen LogP contribution is -2.31. The topological polar surface area (TPSA) is 75.0 Å². The highest BCUT2D eigenvalue weighted by Crippen LogP contribution is 2.27. The molecule has 2 aromatic carbocycles. The number of aromatic amines is 1. The summed E-state index contributed by atoms with van der Waals surface area (Å²) < 4.78 is 0. The molecule has 0 saturated heterocycles. The summed E-state index contributed by atoms with van der Waals surface area (Å²) in [5.74, 6) is 0.172. The van der Waals surface area contributed by atoms with Crippen LogP contribution in [0.4, 0.5) is 11.5 Å². The second-order valence-electron chi connectivity index (χ2n) is 4.75. The number of H-pyrrole nitrogens is 1. The van der Waals surface area contributed by atoms with Crippen LogP contribution in [0, 0.1) is 0 Å². The van der Waals surface area contributed by atoms with Crippen LogP contribution in [0.5, 0.6) is 0 Å². The van der Waals surface area contributed by atoms with E-state index >= 15 is 0 Å². The number of nitrogens with zero attached hydrogens (tertiary/aromatic N) is 2. The molecule has 1 heterocycles. The van der Waals surface area contributed by atoms with Crippen molar-refractivity contribution in [1.82, 2.24) is 10.2 Å². The average Bonchev–Trinajstić information content (AvgIpc) is 2.95. The van der Waals surface area contributed by atoms with Crippen LogP contribution in [0.2, 0.25) is 0 Å². The van der Waals surface area contributed by atoms with E-state index in [2.05, 4.69) is 10.2 Å². The number of nitrogens with two attached hydrogens (primary N) is 1. The number of aromatic nitrogens is 2. The number of nitrogen functional groups attached to an aromatic ring is 1. The summed E-state index contributed by atoms with van der Waals surface area (Å²) in [6.07, 6.45) is 0. The molecule has 21 heavy (non-hydrogen) atoms. The predicted molar refractivity (Wildman–Crippen MR) is 84.3 cm³/mol. The number of benzene rings is 2. The number of carbonyl (C=O) groups is 1. The molecule has 0 aliphatic rings. The monoisotopic (exact) mass is 280 g/mol. The van der Waals surface area contributed by atoms with E-state index in [9.17, 15) is 4.79 Å². The van der Waals surface area contributed by atoms with Crippen LogP contribution in [0.25, 0.3) is 10.8 Å². The number of rotatable bonds is 3. The second-order valence-corrected chi connectivity index (χ2v) is 4.75. The molecule has 5 heteroatoms. The van der Waals surface area contributed by atoms with E-state index in [1.54, 1.807) is 11.0 Å². The van der Waals surface area contributed by atoms with Crippen LogP contribution < -0.4 is 10.6 Å². The lowest BCUT2D eigenvalue weighted by Gasteiger charge is -2.22. The molecule has 0 aliphatic carbocycles. The molecule has 3 rings (SSSR count). The molecule has 0 aliphatic heterocycles. The standard InChI is InChI=1S/C16H16N4O/c1-2-20(16(21)13-10-15(17)19-18-13)14-9-5-7-11-6-3-4-8-12(11)14/h3-10H,2H2,1H3,(H3,17,18,19). The first-order valence-electron chi connectivity index (χ1n) is 6.81. The third-order valence-electron chi connectivity index (χ3n) is 3.45. The lowest BCUT2D eigenvalue weighted by atomic mass is 10.1. The minimum absolute atomic E-state index is 0.141. The fourth-order valence-electron chi connectivity index (χ4n) is 2.46. The van der Waals surface area contributed by atoms with Crippen molar-refractivity contribution in [1.29, 1.82) is 0 Å². The smallest absolute Gasteiger partial charge is 0.276 e. The van der Waals surface area contributed by atoms with Crippen molar-refractivity contribution in [2.45, 2.75) is 6.92 Å². The molecule has 0 unspecified atom stereocenters. The zero-order valence-corrected chi connectivity index (χ0v) is 11.7. The molecule has 3 aromatic rings. The maximum Gasteiger partial charge on any atom is 0.276 e. The Morgan fingerprint density at radius 2 is 2.00 bits per heavy atom. The van der Waals surface area contributed by atoms with Gasteiger partial charge in [-0.05, 0) is 18.4 Å². The molecule has 0 fully saturated rings. The largest absolute Gasteiger partial charge is 0.382 e. The molecule has 0 spiro atoms. The van der Waals surface area contributed by atoms with Crippen molar-refractivity contribution >= 4 is 28.2 Å². The summed E-state index contributed by atoms with van der Waals surface area (Å²) in [6, 6.07) is 15.5. The number of hydrogen-bond acceptors (Lipinski definition) is 3. The first-order valence-corrected chi connectivity index (χ1v) is 6.81. The van der Waals surface area contributed by atoms with Crippen molar-refractivity contribution in [3.63, 3.8) is 0 Å². The molecule has 0 saturated carbocycles. The van der Waals surface area contributed by atoms with Crippen LogP contribution in [-0.4, -0.2) is 22.6 Å². The quantitative estimate of drug-likeness (QED) is 0.774. The third-order valence-corrected chi connectivity index (χ3v) is 3.45. The molecular formula is C16H16N4O. The summed E-state index contributed by atoms with van der Waals surface area (Å²) in [5, 5.41) is 8.63. The Kier molecular flexibility index (Phi) is 3.31. The van der Waals surface area contributed by atoms with Crippen LogP contribution in [0.3, 0.4) is 0 Å². The Morgan fingerprint density at radius 1 is 1.24 bits per heavy atom. The van der Waals surface area contributed by atoms with Crippen LogP contribution in [0.1, 0.15) is 17.4 Å². The molecular weight excluding hydrogens is 264 g/mol. The first-order chi connectivity index (χ1) is 10.2. The molecule has 5 nitrogen and oxygen atoms in total. The normalized spacial score (nSPS) is 10.7. The Hall–Kier alpha value is -2.82. The molecule has 1 aromatic heterocycles. The fraction of sp³-hybridized carbons (Fsp3) is 0.125. The fourth-order valence-corrected chi connectivity index (χ4v) is 2.46. The Labute approximate surface area is 122 Å². The number of nitrogens with one attached hydrogen (secondary N) is 1. The minimum atomic E-state index is -0.141. The van der Waals surface area contributed by atoms with Crippen LogP contribution in [0.15, 0.2) is 48.5 Å². The summed E-state index contributed by atoms with van der Waals surface area (Å²) in [6.45, 7) is 2.51. The van der Waals surface area contributed by atoms with Crippen LogP contribution >= 0.6 is 0 Å². The highest BCUT2D eigenvalue weighted by atomic mass is 16.2. The third kappa shape index (κ3) is 2.33. The Bertz CT molecular complexity index is 788. The Morgan fingerprint density at radius 3 is 2.71 bits per heavy atom. The molecule has 0 radical (unpaired) electrons. The van der Waals surface area contributed by atoms with Gasteiger partial charge in [0.2, 0.25) is 0 Å². The van der Waals surface area contributed by atoms with Crippen molar-refractivity contribution in [3.8, 4) is 0 Å². The second kappa shape index (κ2) is 5.28. The number of carbonyl (C=O) groups excluding carboxylic acids is 1. The van der Waals surface area contributed by atoms with Crippen molar-refractivity contribution in [2.24, 2.45) is 0 Å². The molecule has 1 amide bonds. The summed E-state index contributed by atoms with van der Waals surface area (Å²) in [5.41, 5.74) is 6.85. The lowest BCUT2D eigenvalue weighted by molar-refractivity contribution is 0.0984. The average molecular weight is 280 g/mol.